The van der Waals surface area contributed by atoms with Gasteiger partial charge in [-0.15, -0.1) is 6.58 Å². The van der Waals surface area contributed by atoms with E-state index in [0.717, 1.165) is 11.0 Å². The molecule has 0 atom stereocenters. The molecule has 0 aromatic rings. The van der Waals surface area contributed by atoms with Crippen LogP contribution in [0.4, 0.5) is 13.2 Å². The minimum Gasteiger partial charge on any atom is -0.298 e. The van der Waals surface area contributed by atoms with Gasteiger partial charge in [0.1, 0.15) is 5.57 Å². The number of carbonyl (C=O) groups excluding carboxylic acids is 2. The van der Waals surface area contributed by atoms with E-state index >= 15 is 0 Å². The predicted octanol–water partition coefficient (Wildman–Crippen LogP) is 1.68. The molecule has 2 amide bonds. The first-order valence-electron chi connectivity index (χ1n) is 5.31. The fourth-order valence-corrected chi connectivity index (χ4v) is 1.67. The van der Waals surface area contributed by atoms with E-state index in [1.165, 1.54) is 6.08 Å². The van der Waals surface area contributed by atoms with Gasteiger partial charge in [-0.1, -0.05) is 12.2 Å². The van der Waals surface area contributed by atoms with Crippen LogP contribution in [0, 0.1) is 0 Å². The van der Waals surface area contributed by atoms with Crippen molar-refractivity contribution in [2.24, 2.45) is 0 Å². The van der Waals surface area contributed by atoms with Gasteiger partial charge in [-0.25, -0.2) is 0 Å². The number of allylic oxidation sites excluding steroid dienone is 1. The molecule has 0 aromatic carbocycles. The maximum atomic E-state index is 12.0. The van der Waals surface area contributed by atoms with Crippen LogP contribution in [0.3, 0.4) is 0 Å². The standard InChI is InChI=1S/C11H11F3N2O2S/c1-2-6-16-9(18)7(8(17)15-10(16)19)4-3-5-11(12,13)14/h2,4H,1,3,5-6H2,(H,15,17,19)/b7-4-. The molecule has 0 unspecified atom stereocenters. The summed E-state index contributed by atoms with van der Waals surface area (Å²) in [7, 11) is 0. The van der Waals surface area contributed by atoms with Crippen LogP contribution in [0.15, 0.2) is 24.3 Å². The van der Waals surface area contributed by atoms with Crippen molar-refractivity contribution in [3.05, 3.63) is 24.3 Å². The Hall–Kier alpha value is -1.70. The third kappa shape index (κ3) is 4.16. The van der Waals surface area contributed by atoms with Crippen molar-refractivity contribution in [2.75, 3.05) is 6.54 Å². The molecule has 8 heteroatoms. The third-order valence-corrected chi connectivity index (χ3v) is 2.60. The minimum atomic E-state index is -4.33. The molecule has 1 aliphatic rings. The van der Waals surface area contributed by atoms with E-state index in [-0.39, 0.29) is 17.2 Å². The van der Waals surface area contributed by atoms with Gasteiger partial charge in [-0.2, -0.15) is 13.2 Å². The van der Waals surface area contributed by atoms with E-state index in [2.05, 4.69) is 11.9 Å². The van der Waals surface area contributed by atoms with E-state index in [1.807, 2.05) is 0 Å². The second kappa shape index (κ2) is 5.96. The molecule has 1 N–H and O–H groups in total. The summed E-state index contributed by atoms with van der Waals surface area (Å²) in [6.45, 7) is 3.51. The Kier molecular flexibility index (Phi) is 4.82. The average molecular weight is 292 g/mol. The van der Waals surface area contributed by atoms with Crippen molar-refractivity contribution in [3.63, 3.8) is 0 Å². The summed E-state index contributed by atoms with van der Waals surface area (Å²) in [5, 5.41) is 2.16. The maximum Gasteiger partial charge on any atom is 0.389 e. The SMILES string of the molecule is C=CCN1C(=O)/C(=C\CCC(F)(F)F)C(=O)NC1=S. The number of hydrogen-bond acceptors (Lipinski definition) is 3. The summed E-state index contributed by atoms with van der Waals surface area (Å²) < 4.78 is 36.0. The maximum absolute atomic E-state index is 12.0. The first-order valence-corrected chi connectivity index (χ1v) is 5.72. The molecule has 0 spiro atoms. The number of alkyl halides is 3. The van der Waals surface area contributed by atoms with Gasteiger partial charge in [-0.3, -0.25) is 19.8 Å². The van der Waals surface area contributed by atoms with Gasteiger partial charge in [0, 0.05) is 13.0 Å². The Morgan fingerprint density at radius 1 is 1.37 bits per heavy atom. The highest BCUT2D eigenvalue weighted by Crippen LogP contribution is 2.22. The second-order valence-corrected chi connectivity index (χ2v) is 4.12. The molecule has 1 aliphatic heterocycles. The van der Waals surface area contributed by atoms with Crippen LogP contribution in [-0.2, 0) is 9.59 Å². The van der Waals surface area contributed by atoms with Gasteiger partial charge in [-0.05, 0) is 18.6 Å². The fourth-order valence-electron chi connectivity index (χ4n) is 1.42. The Labute approximate surface area is 112 Å². The molecule has 4 nitrogen and oxygen atoms in total. The molecule has 0 bridgehead atoms. The number of halogens is 3. The van der Waals surface area contributed by atoms with Gasteiger partial charge in [0.25, 0.3) is 11.8 Å². The average Bonchev–Trinajstić information content (AvgIpc) is 2.27. The van der Waals surface area contributed by atoms with Gasteiger partial charge in [0.15, 0.2) is 5.11 Å². The summed E-state index contributed by atoms with van der Waals surface area (Å²) in [5.74, 6) is -1.49. The zero-order valence-corrected chi connectivity index (χ0v) is 10.6. The Morgan fingerprint density at radius 2 is 2.00 bits per heavy atom. The largest absolute Gasteiger partial charge is 0.389 e. The van der Waals surface area contributed by atoms with E-state index < -0.39 is 30.8 Å². The number of nitrogens with one attached hydrogen (secondary N) is 1. The van der Waals surface area contributed by atoms with Crippen LogP contribution >= 0.6 is 12.2 Å². The lowest BCUT2D eigenvalue weighted by Crippen LogP contribution is -2.53. The monoisotopic (exact) mass is 292 g/mol. The lowest BCUT2D eigenvalue weighted by atomic mass is 10.1. The van der Waals surface area contributed by atoms with Gasteiger partial charge < -0.3 is 0 Å². The molecular formula is C11H11F3N2O2S. The Balaban J connectivity index is 2.83. The first-order chi connectivity index (χ1) is 8.76. The van der Waals surface area contributed by atoms with Crippen molar-refractivity contribution in [3.8, 4) is 0 Å². The fraction of sp³-hybridized carbons (Fsp3) is 0.364. The van der Waals surface area contributed by atoms with Gasteiger partial charge in [0.05, 0.1) is 0 Å². The van der Waals surface area contributed by atoms with E-state index in [4.69, 9.17) is 12.2 Å². The summed E-state index contributed by atoms with van der Waals surface area (Å²) in [6, 6.07) is 0. The molecular weight excluding hydrogens is 281 g/mol. The van der Waals surface area contributed by atoms with Crippen LogP contribution in [0.25, 0.3) is 0 Å². The Morgan fingerprint density at radius 3 is 2.53 bits per heavy atom. The van der Waals surface area contributed by atoms with E-state index in [1.54, 1.807) is 0 Å². The first kappa shape index (κ1) is 15.4. The van der Waals surface area contributed by atoms with Crippen LogP contribution in [0.2, 0.25) is 0 Å². The number of rotatable bonds is 4. The molecule has 0 saturated carbocycles. The van der Waals surface area contributed by atoms with Crippen LogP contribution in [0.1, 0.15) is 12.8 Å². The van der Waals surface area contributed by atoms with Crippen molar-refractivity contribution in [1.29, 1.82) is 0 Å². The van der Waals surface area contributed by atoms with Crippen LogP contribution < -0.4 is 5.32 Å². The zero-order valence-electron chi connectivity index (χ0n) is 9.79. The van der Waals surface area contributed by atoms with Crippen molar-refractivity contribution in [1.82, 2.24) is 10.2 Å². The molecule has 104 valence electrons. The predicted molar refractivity (Wildman–Crippen MR) is 66.0 cm³/mol. The van der Waals surface area contributed by atoms with Crippen molar-refractivity contribution in [2.45, 2.75) is 19.0 Å². The van der Waals surface area contributed by atoms with Crippen molar-refractivity contribution < 1.29 is 22.8 Å². The Bertz CT molecular complexity index is 457. The highest BCUT2D eigenvalue weighted by Gasteiger charge is 2.33. The molecule has 0 radical (unpaired) electrons. The third-order valence-electron chi connectivity index (χ3n) is 2.27. The quantitative estimate of drug-likeness (QED) is 0.371. The normalized spacial score (nSPS) is 18.8. The summed E-state index contributed by atoms with van der Waals surface area (Å²) in [4.78, 5) is 24.4. The molecule has 0 aromatic heterocycles. The molecule has 1 saturated heterocycles. The van der Waals surface area contributed by atoms with Gasteiger partial charge >= 0.3 is 6.18 Å². The molecule has 1 fully saturated rings. The summed E-state index contributed by atoms with van der Waals surface area (Å²) in [5.41, 5.74) is -0.334. The summed E-state index contributed by atoms with van der Waals surface area (Å²) >= 11 is 4.79. The number of nitrogens with zero attached hydrogens (tertiary/aromatic N) is 1. The summed E-state index contributed by atoms with van der Waals surface area (Å²) in [6.07, 6.45) is -3.49. The lowest BCUT2D eigenvalue weighted by Gasteiger charge is -2.27. The number of hydrogen-bond donors (Lipinski definition) is 1. The van der Waals surface area contributed by atoms with Gasteiger partial charge in [0.2, 0.25) is 0 Å². The highest BCUT2D eigenvalue weighted by atomic mass is 32.1. The topological polar surface area (TPSA) is 49.4 Å². The highest BCUT2D eigenvalue weighted by molar-refractivity contribution is 7.80. The van der Waals surface area contributed by atoms with Crippen LogP contribution in [-0.4, -0.2) is 34.5 Å². The van der Waals surface area contributed by atoms with Crippen LogP contribution in [0.5, 0.6) is 0 Å². The number of carbonyl (C=O) groups is 2. The van der Waals surface area contributed by atoms with E-state index in [0.29, 0.717) is 0 Å². The zero-order chi connectivity index (χ0) is 14.6. The molecule has 0 aliphatic carbocycles. The second-order valence-electron chi connectivity index (χ2n) is 3.74. The molecule has 1 heterocycles. The van der Waals surface area contributed by atoms with Crippen molar-refractivity contribution >= 4 is 29.1 Å². The van der Waals surface area contributed by atoms with E-state index in [9.17, 15) is 22.8 Å². The number of thiocarbonyl (C=S) groups is 1. The molecule has 1 rings (SSSR count). The minimum absolute atomic E-state index is 0.0779. The lowest BCUT2D eigenvalue weighted by molar-refractivity contribution is -0.134. The smallest absolute Gasteiger partial charge is 0.298 e. The number of amides is 2. The molecule has 19 heavy (non-hydrogen) atoms.